The predicted molar refractivity (Wildman–Crippen MR) is 64.2 cm³/mol. The van der Waals surface area contributed by atoms with Gasteiger partial charge in [0.2, 0.25) is 0 Å². The number of hydrogen-bond donors (Lipinski definition) is 0. The second-order valence-electron chi connectivity index (χ2n) is 4.13. The molecule has 1 atom stereocenters. The molecule has 4 heteroatoms. The standard InChI is InChI=1S/C12H23N3O/c1-3-12(11-13)15-7-5-14(6-8-15)9-10-16-4-2/h12H,3-10H2,1-2H3. The van der Waals surface area contributed by atoms with Gasteiger partial charge in [-0.3, -0.25) is 9.80 Å². The van der Waals surface area contributed by atoms with Crippen LogP contribution in [0.1, 0.15) is 20.3 Å². The molecule has 0 saturated carbocycles. The topological polar surface area (TPSA) is 39.5 Å². The average Bonchev–Trinajstić information content (AvgIpc) is 2.33. The Bertz CT molecular complexity index is 219. The fourth-order valence-corrected chi connectivity index (χ4v) is 2.07. The van der Waals surface area contributed by atoms with Gasteiger partial charge in [0.15, 0.2) is 0 Å². The first kappa shape index (κ1) is 13.4. The Balaban J connectivity index is 2.20. The number of ether oxygens (including phenoxy) is 1. The summed E-state index contributed by atoms with van der Waals surface area (Å²) in [5.41, 5.74) is 0. The molecule has 16 heavy (non-hydrogen) atoms. The predicted octanol–water partition coefficient (Wildman–Crippen LogP) is 0.943. The average molecular weight is 225 g/mol. The second-order valence-corrected chi connectivity index (χ2v) is 4.13. The van der Waals surface area contributed by atoms with E-state index in [4.69, 9.17) is 10.00 Å². The molecule has 1 aliphatic rings. The van der Waals surface area contributed by atoms with Gasteiger partial charge in [0, 0.05) is 39.3 Å². The third-order valence-corrected chi connectivity index (χ3v) is 3.14. The van der Waals surface area contributed by atoms with E-state index in [1.807, 2.05) is 6.92 Å². The minimum atomic E-state index is 0.106. The Morgan fingerprint density at radius 1 is 1.25 bits per heavy atom. The molecule has 0 aliphatic carbocycles. The van der Waals surface area contributed by atoms with Crippen LogP contribution in [0, 0.1) is 11.3 Å². The fourth-order valence-electron chi connectivity index (χ4n) is 2.07. The molecule has 1 heterocycles. The second kappa shape index (κ2) is 7.61. The molecule has 1 unspecified atom stereocenters. The molecule has 0 amide bonds. The molecule has 0 N–H and O–H groups in total. The van der Waals surface area contributed by atoms with Gasteiger partial charge in [-0.1, -0.05) is 6.92 Å². The monoisotopic (exact) mass is 225 g/mol. The first-order chi connectivity index (χ1) is 7.81. The van der Waals surface area contributed by atoms with E-state index < -0.39 is 0 Å². The van der Waals surface area contributed by atoms with Crippen LogP contribution in [0.5, 0.6) is 0 Å². The lowest BCUT2D eigenvalue weighted by atomic mass is 10.2. The van der Waals surface area contributed by atoms with Crippen molar-refractivity contribution in [2.45, 2.75) is 26.3 Å². The van der Waals surface area contributed by atoms with Crippen molar-refractivity contribution in [1.82, 2.24) is 9.80 Å². The Morgan fingerprint density at radius 2 is 1.94 bits per heavy atom. The van der Waals surface area contributed by atoms with Crippen LogP contribution in [0.25, 0.3) is 0 Å². The van der Waals surface area contributed by atoms with Gasteiger partial charge in [-0.05, 0) is 13.3 Å². The van der Waals surface area contributed by atoms with Gasteiger partial charge in [-0.15, -0.1) is 0 Å². The Hall–Kier alpha value is -0.630. The van der Waals surface area contributed by atoms with Crippen molar-refractivity contribution in [3.63, 3.8) is 0 Å². The van der Waals surface area contributed by atoms with Gasteiger partial charge < -0.3 is 4.74 Å². The van der Waals surface area contributed by atoms with Crippen LogP contribution in [0.2, 0.25) is 0 Å². The van der Waals surface area contributed by atoms with Crippen LogP contribution in [0.4, 0.5) is 0 Å². The van der Waals surface area contributed by atoms with Crippen molar-refractivity contribution in [2.75, 3.05) is 45.9 Å². The highest BCUT2D eigenvalue weighted by molar-refractivity contribution is 4.92. The SMILES string of the molecule is CCOCCN1CCN(C(C#N)CC)CC1. The summed E-state index contributed by atoms with van der Waals surface area (Å²) in [4.78, 5) is 4.70. The largest absolute Gasteiger partial charge is 0.380 e. The zero-order chi connectivity index (χ0) is 11.8. The molecule has 1 saturated heterocycles. The Kier molecular flexibility index (Phi) is 6.39. The minimum Gasteiger partial charge on any atom is -0.380 e. The number of nitrogens with zero attached hydrogens (tertiary/aromatic N) is 3. The van der Waals surface area contributed by atoms with E-state index in [1.54, 1.807) is 0 Å². The van der Waals surface area contributed by atoms with Gasteiger partial charge in [0.1, 0.15) is 0 Å². The summed E-state index contributed by atoms with van der Waals surface area (Å²) in [6, 6.07) is 2.48. The number of hydrogen-bond acceptors (Lipinski definition) is 4. The molecule has 0 spiro atoms. The maximum atomic E-state index is 8.99. The zero-order valence-corrected chi connectivity index (χ0v) is 10.5. The van der Waals surface area contributed by atoms with E-state index in [9.17, 15) is 0 Å². The number of nitriles is 1. The smallest absolute Gasteiger partial charge is 0.0976 e. The molecule has 1 rings (SSSR count). The first-order valence-corrected chi connectivity index (χ1v) is 6.25. The van der Waals surface area contributed by atoms with Crippen molar-refractivity contribution in [2.24, 2.45) is 0 Å². The molecule has 0 aromatic rings. The van der Waals surface area contributed by atoms with E-state index in [0.717, 1.165) is 52.4 Å². The quantitative estimate of drug-likeness (QED) is 0.631. The molecule has 0 aromatic heterocycles. The number of piperazine rings is 1. The molecule has 0 radical (unpaired) electrons. The van der Waals surface area contributed by atoms with E-state index in [0.29, 0.717) is 0 Å². The van der Waals surface area contributed by atoms with Gasteiger partial charge in [-0.25, -0.2) is 0 Å². The van der Waals surface area contributed by atoms with Crippen molar-refractivity contribution in [3.05, 3.63) is 0 Å². The van der Waals surface area contributed by atoms with Crippen LogP contribution in [-0.4, -0.2) is 61.8 Å². The molecule has 92 valence electrons. The lowest BCUT2D eigenvalue weighted by Gasteiger charge is -2.36. The van der Waals surface area contributed by atoms with E-state index in [2.05, 4.69) is 22.8 Å². The molecular weight excluding hydrogens is 202 g/mol. The molecule has 1 aliphatic heterocycles. The van der Waals surface area contributed by atoms with Crippen LogP contribution >= 0.6 is 0 Å². The highest BCUT2D eigenvalue weighted by atomic mass is 16.5. The molecule has 4 nitrogen and oxygen atoms in total. The normalized spacial score (nSPS) is 20.6. The van der Waals surface area contributed by atoms with Crippen LogP contribution < -0.4 is 0 Å². The van der Waals surface area contributed by atoms with E-state index in [-0.39, 0.29) is 6.04 Å². The van der Waals surface area contributed by atoms with Crippen LogP contribution in [-0.2, 0) is 4.74 Å². The highest BCUT2D eigenvalue weighted by Gasteiger charge is 2.21. The number of rotatable bonds is 6. The van der Waals surface area contributed by atoms with Crippen molar-refractivity contribution in [1.29, 1.82) is 5.26 Å². The summed E-state index contributed by atoms with van der Waals surface area (Å²) in [5, 5.41) is 8.99. The van der Waals surface area contributed by atoms with Gasteiger partial charge >= 0.3 is 0 Å². The summed E-state index contributed by atoms with van der Waals surface area (Å²) in [6.07, 6.45) is 0.926. The van der Waals surface area contributed by atoms with Crippen LogP contribution in [0.15, 0.2) is 0 Å². The van der Waals surface area contributed by atoms with Crippen molar-refractivity contribution >= 4 is 0 Å². The lowest BCUT2D eigenvalue weighted by Crippen LogP contribution is -2.50. The Labute approximate surface area is 98.8 Å². The first-order valence-electron chi connectivity index (χ1n) is 6.25. The zero-order valence-electron chi connectivity index (χ0n) is 10.5. The molecular formula is C12H23N3O. The fraction of sp³-hybridized carbons (Fsp3) is 0.917. The third kappa shape index (κ3) is 4.09. The lowest BCUT2D eigenvalue weighted by molar-refractivity contribution is 0.0726. The van der Waals surface area contributed by atoms with Gasteiger partial charge in [-0.2, -0.15) is 5.26 Å². The van der Waals surface area contributed by atoms with E-state index in [1.165, 1.54) is 0 Å². The summed E-state index contributed by atoms with van der Waals surface area (Å²) in [5.74, 6) is 0. The summed E-state index contributed by atoms with van der Waals surface area (Å²) in [6.45, 7) is 10.9. The van der Waals surface area contributed by atoms with E-state index >= 15 is 0 Å². The maximum absolute atomic E-state index is 8.99. The minimum absolute atomic E-state index is 0.106. The van der Waals surface area contributed by atoms with Crippen molar-refractivity contribution < 1.29 is 4.74 Å². The van der Waals surface area contributed by atoms with Gasteiger partial charge in [0.25, 0.3) is 0 Å². The molecule has 1 fully saturated rings. The summed E-state index contributed by atoms with van der Waals surface area (Å²) in [7, 11) is 0. The molecule has 0 bridgehead atoms. The van der Waals surface area contributed by atoms with Gasteiger partial charge in [0.05, 0.1) is 18.7 Å². The summed E-state index contributed by atoms with van der Waals surface area (Å²) >= 11 is 0. The van der Waals surface area contributed by atoms with Crippen LogP contribution in [0.3, 0.4) is 0 Å². The highest BCUT2D eigenvalue weighted by Crippen LogP contribution is 2.08. The summed E-state index contributed by atoms with van der Waals surface area (Å²) < 4.78 is 5.35. The Morgan fingerprint density at radius 3 is 2.44 bits per heavy atom. The third-order valence-electron chi connectivity index (χ3n) is 3.14. The molecule has 0 aromatic carbocycles. The maximum Gasteiger partial charge on any atom is 0.0976 e. The van der Waals surface area contributed by atoms with Crippen molar-refractivity contribution in [3.8, 4) is 6.07 Å².